The summed E-state index contributed by atoms with van der Waals surface area (Å²) in [5.74, 6) is 0. The van der Waals surface area contributed by atoms with Crippen LogP contribution in [0, 0.1) is 0 Å². The summed E-state index contributed by atoms with van der Waals surface area (Å²) in [5.41, 5.74) is -0.564. The Balaban J connectivity index is 4.06. The number of nitrogens with zero attached hydrogens (tertiary/aromatic N) is 1. The Labute approximate surface area is 80.1 Å². The minimum atomic E-state index is -0.566. The number of hydrogen-bond donors (Lipinski definition) is 2. The molecule has 0 aliphatic heterocycles. The quantitative estimate of drug-likeness (QED) is 0.617. The molecule has 2 atom stereocenters. The maximum Gasteiger partial charge on any atom is 0.117 e. The summed E-state index contributed by atoms with van der Waals surface area (Å²) in [6.45, 7) is 7.31. The fourth-order valence-corrected chi connectivity index (χ4v) is 0.876. The van der Waals surface area contributed by atoms with Gasteiger partial charge in [-0.25, -0.2) is 0 Å². The molecule has 4 nitrogen and oxygen atoms in total. The second-order valence-electron chi connectivity index (χ2n) is 3.85. The molecule has 80 valence electrons. The van der Waals surface area contributed by atoms with Crippen molar-refractivity contribution >= 4 is 0 Å². The van der Waals surface area contributed by atoms with E-state index in [1.165, 1.54) is 0 Å². The third kappa shape index (κ3) is 4.57. The first-order valence-corrected chi connectivity index (χ1v) is 4.50. The Hall–Kier alpha value is -0.160. The van der Waals surface area contributed by atoms with Crippen molar-refractivity contribution in [2.24, 2.45) is 0 Å². The van der Waals surface area contributed by atoms with Crippen LogP contribution < -0.4 is 0 Å². The summed E-state index contributed by atoms with van der Waals surface area (Å²) < 4.78 is 5.43. The first kappa shape index (κ1) is 12.8. The summed E-state index contributed by atoms with van der Waals surface area (Å²) in [6, 6.07) is 0. The van der Waals surface area contributed by atoms with E-state index in [9.17, 15) is 5.11 Å². The summed E-state index contributed by atoms with van der Waals surface area (Å²) in [4.78, 5) is 1.69. The lowest BCUT2D eigenvalue weighted by Gasteiger charge is -2.37. The van der Waals surface area contributed by atoms with Crippen LogP contribution in [-0.4, -0.2) is 46.8 Å². The Kier molecular flexibility index (Phi) is 4.85. The molecular formula is C9H21NO3. The van der Waals surface area contributed by atoms with Gasteiger partial charge in [0, 0.05) is 0 Å². The number of hydrogen-bond acceptors (Lipinski definition) is 4. The van der Waals surface area contributed by atoms with Gasteiger partial charge in [0.25, 0.3) is 0 Å². The van der Waals surface area contributed by atoms with Crippen molar-refractivity contribution in [3.05, 3.63) is 0 Å². The Morgan fingerprint density at radius 2 is 1.77 bits per heavy atom. The number of aliphatic hydroxyl groups excluding tert-OH is 2. The minimum absolute atomic E-state index is 0.268. The fourth-order valence-electron chi connectivity index (χ4n) is 0.876. The molecule has 2 N–H and O–H groups in total. The lowest BCUT2D eigenvalue weighted by molar-refractivity contribution is -0.181. The highest BCUT2D eigenvalue weighted by atomic mass is 16.5. The zero-order valence-electron chi connectivity index (χ0n) is 9.11. The van der Waals surface area contributed by atoms with E-state index in [2.05, 4.69) is 0 Å². The van der Waals surface area contributed by atoms with Gasteiger partial charge in [-0.1, -0.05) is 0 Å². The zero-order chi connectivity index (χ0) is 10.6. The van der Waals surface area contributed by atoms with Crippen molar-refractivity contribution in [3.8, 4) is 0 Å². The van der Waals surface area contributed by atoms with Gasteiger partial charge in [-0.15, -0.1) is 0 Å². The molecule has 4 heteroatoms. The van der Waals surface area contributed by atoms with Crippen LogP contribution in [-0.2, 0) is 4.74 Å². The summed E-state index contributed by atoms with van der Waals surface area (Å²) in [5, 5.41) is 18.3. The Bertz CT molecular complexity index is 146. The molecule has 0 bridgehead atoms. The average molecular weight is 191 g/mol. The standard InChI is InChI=1S/C9H21NO3/c1-7(11)6-13-9(3,4)10(5)8(2)12/h7-8,11-12H,6H2,1-5H3. The van der Waals surface area contributed by atoms with Gasteiger partial charge in [0.2, 0.25) is 0 Å². The van der Waals surface area contributed by atoms with Gasteiger partial charge in [-0.05, 0) is 34.7 Å². The molecule has 0 aromatic rings. The number of rotatable bonds is 5. The molecule has 0 heterocycles. The van der Waals surface area contributed by atoms with Crippen molar-refractivity contribution in [1.82, 2.24) is 4.90 Å². The lowest BCUT2D eigenvalue weighted by atomic mass is 10.2. The third-order valence-corrected chi connectivity index (χ3v) is 2.09. The average Bonchev–Trinajstić information content (AvgIpc) is 1.99. The molecule has 0 rings (SSSR count). The first-order chi connectivity index (χ1) is 5.77. The highest BCUT2D eigenvalue weighted by Gasteiger charge is 2.27. The molecule has 0 aliphatic rings. The predicted octanol–water partition coefficient (Wildman–Crippen LogP) is 0.390. The van der Waals surface area contributed by atoms with Crippen LogP contribution in [0.2, 0.25) is 0 Å². The van der Waals surface area contributed by atoms with Gasteiger partial charge >= 0.3 is 0 Å². The van der Waals surface area contributed by atoms with Crippen LogP contribution >= 0.6 is 0 Å². The molecule has 0 amide bonds. The molecular weight excluding hydrogens is 170 g/mol. The van der Waals surface area contributed by atoms with Crippen molar-refractivity contribution < 1.29 is 14.9 Å². The summed E-state index contributed by atoms with van der Waals surface area (Å²) in [6.07, 6.45) is -1.05. The summed E-state index contributed by atoms with van der Waals surface area (Å²) >= 11 is 0. The predicted molar refractivity (Wildman–Crippen MR) is 51.2 cm³/mol. The van der Waals surface area contributed by atoms with E-state index >= 15 is 0 Å². The maximum absolute atomic E-state index is 9.31. The van der Waals surface area contributed by atoms with Gasteiger partial charge < -0.3 is 14.9 Å². The molecule has 0 saturated heterocycles. The van der Waals surface area contributed by atoms with Crippen LogP contribution in [0.4, 0.5) is 0 Å². The molecule has 0 fully saturated rings. The SMILES string of the molecule is CC(O)COC(C)(C)N(C)C(C)O. The van der Waals surface area contributed by atoms with Crippen LogP contribution in [0.5, 0.6) is 0 Å². The molecule has 0 aliphatic carbocycles. The molecule has 2 unspecified atom stereocenters. The van der Waals surface area contributed by atoms with Crippen molar-refractivity contribution in [3.63, 3.8) is 0 Å². The second kappa shape index (κ2) is 4.91. The Morgan fingerprint density at radius 1 is 1.31 bits per heavy atom. The van der Waals surface area contributed by atoms with Gasteiger partial charge in [0.15, 0.2) is 0 Å². The second-order valence-corrected chi connectivity index (χ2v) is 3.85. The topological polar surface area (TPSA) is 52.9 Å². The normalized spacial score (nSPS) is 17.5. The first-order valence-electron chi connectivity index (χ1n) is 4.50. The number of aliphatic hydroxyl groups is 2. The molecule has 13 heavy (non-hydrogen) atoms. The smallest absolute Gasteiger partial charge is 0.117 e. The van der Waals surface area contributed by atoms with Crippen LogP contribution in [0.3, 0.4) is 0 Å². The van der Waals surface area contributed by atoms with E-state index in [-0.39, 0.29) is 6.61 Å². The third-order valence-electron chi connectivity index (χ3n) is 2.09. The lowest BCUT2D eigenvalue weighted by Crippen LogP contribution is -2.49. The van der Waals surface area contributed by atoms with Crippen LogP contribution in [0.1, 0.15) is 27.7 Å². The van der Waals surface area contributed by atoms with Crippen LogP contribution in [0.25, 0.3) is 0 Å². The molecule has 0 saturated carbocycles. The summed E-state index contributed by atoms with van der Waals surface area (Å²) in [7, 11) is 1.77. The monoisotopic (exact) mass is 191 g/mol. The van der Waals surface area contributed by atoms with Gasteiger partial charge in [-0.2, -0.15) is 0 Å². The van der Waals surface area contributed by atoms with Crippen LogP contribution in [0.15, 0.2) is 0 Å². The van der Waals surface area contributed by atoms with E-state index in [1.54, 1.807) is 25.8 Å². The zero-order valence-corrected chi connectivity index (χ0v) is 9.11. The fraction of sp³-hybridized carbons (Fsp3) is 1.00. The van der Waals surface area contributed by atoms with Gasteiger partial charge in [-0.3, -0.25) is 4.90 Å². The van der Waals surface area contributed by atoms with Gasteiger partial charge in [0.05, 0.1) is 12.7 Å². The molecule has 0 spiro atoms. The molecule has 0 aromatic heterocycles. The largest absolute Gasteiger partial charge is 0.391 e. The highest BCUT2D eigenvalue weighted by Crippen LogP contribution is 2.16. The van der Waals surface area contributed by atoms with Crippen molar-refractivity contribution in [1.29, 1.82) is 0 Å². The van der Waals surface area contributed by atoms with E-state index < -0.39 is 18.1 Å². The number of ether oxygens (including phenoxy) is 1. The van der Waals surface area contributed by atoms with Crippen molar-refractivity contribution in [2.75, 3.05) is 13.7 Å². The van der Waals surface area contributed by atoms with Crippen molar-refractivity contribution in [2.45, 2.75) is 45.8 Å². The Morgan fingerprint density at radius 3 is 2.08 bits per heavy atom. The van der Waals surface area contributed by atoms with E-state index in [4.69, 9.17) is 9.84 Å². The van der Waals surface area contributed by atoms with E-state index in [0.717, 1.165) is 0 Å². The van der Waals surface area contributed by atoms with E-state index in [0.29, 0.717) is 0 Å². The maximum atomic E-state index is 9.31. The molecule has 0 radical (unpaired) electrons. The highest BCUT2D eigenvalue weighted by molar-refractivity contribution is 4.69. The molecule has 0 aromatic carbocycles. The van der Waals surface area contributed by atoms with Gasteiger partial charge in [0.1, 0.15) is 12.0 Å². The van der Waals surface area contributed by atoms with E-state index in [1.807, 2.05) is 13.8 Å². The minimum Gasteiger partial charge on any atom is -0.391 e.